The van der Waals surface area contributed by atoms with Gasteiger partial charge in [-0.3, -0.25) is 4.79 Å². The fourth-order valence-electron chi connectivity index (χ4n) is 3.78. The molecule has 0 saturated carbocycles. The van der Waals surface area contributed by atoms with Gasteiger partial charge in [-0.1, -0.05) is 0 Å². The number of nitriles is 1. The molecule has 0 saturated heterocycles. The Morgan fingerprint density at radius 3 is 2.56 bits per heavy atom. The Kier molecular flexibility index (Phi) is 3.81. The number of aromatic hydroxyl groups is 1. The summed E-state index contributed by atoms with van der Waals surface area (Å²) in [7, 11) is 3.74. The highest BCUT2D eigenvalue weighted by atomic mass is 16.3. The van der Waals surface area contributed by atoms with Crippen LogP contribution < -0.4 is 15.4 Å². The quantitative estimate of drug-likeness (QED) is 0.722. The fraction of sp³-hybridized carbons (Fsp3) is 0.238. The average molecular weight is 360 g/mol. The van der Waals surface area contributed by atoms with Crippen LogP contribution in [0, 0.1) is 18.3 Å². The number of hydrogen-bond acceptors (Lipinski definition) is 5. The third-order valence-corrected chi connectivity index (χ3v) is 5.24. The van der Waals surface area contributed by atoms with E-state index in [0.717, 1.165) is 29.0 Å². The molecule has 6 nitrogen and oxygen atoms in total. The lowest BCUT2D eigenvalue weighted by Crippen LogP contribution is -2.36. The number of likely N-dealkylation sites (N-methyl/N-ethyl adjacent to an activating group) is 1. The van der Waals surface area contributed by atoms with Gasteiger partial charge in [0.15, 0.2) is 0 Å². The minimum atomic E-state index is -0.0791. The molecular formula is C21H20N4O2. The molecule has 0 spiro atoms. The number of phenolic OH excluding ortho intramolecular Hbond substituents is 1. The van der Waals surface area contributed by atoms with E-state index < -0.39 is 0 Å². The predicted molar refractivity (Wildman–Crippen MR) is 107 cm³/mol. The lowest BCUT2D eigenvalue weighted by molar-refractivity contribution is 0.476. The molecule has 2 aromatic carbocycles. The molecule has 0 fully saturated rings. The molecule has 0 aliphatic carbocycles. The van der Waals surface area contributed by atoms with Crippen molar-refractivity contribution in [1.29, 1.82) is 5.26 Å². The summed E-state index contributed by atoms with van der Waals surface area (Å²) >= 11 is 0. The standard InChI is InChI=1S/C21H20N4O2/c1-13-8-16-18(24(3)21(13)27)10-15(26)11-19(16)25-7-6-23(2)17-5-4-14(12-22)9-20(17)25/h4-5,8-11,26H,6-7H2,1-3H3. The van der Waals surface area contributed by atoms with Crippen molar-refractivity contribution in [3.8, 4) is 11.8 Å². The van der Waals surface area contributed by atoms with Crippen LogP contribution in [-0.2, 0) is 7.05 Å². The summed E-state index contributed by atoms with van der Waals surface area (Å²) in [6, 6.07) is 13.0. The lowest BCUT2D eigenvalue weighted by Gasteiger charge is -2.37. The molecule has 1 aliphatic heterocycles. The summed E-state index contributed by atoms with van der Waals surface area (Å²) in [5.41, 5.74) is 4.61. The number of rotatable bonds is 1. The molecule has 1 N–H and O–H groups in total. The number of hydrogen-bond donors (Lipinski definition) is 1. The van der Waals surface area contributed by atoms with E-state index in [4.69, 9.17) is 0 Å². The molecule has 0 amide bonds. The van der Waals surface area contributed by atoms with Gasteiger partial charge in [0.2, 0.25) is 0 Å². The minimum Gasteiger partial charge on any atom is -0.508 e. The van der Waals surface area contributed by atoms with Crippen LogP contribution in [0.1, 0.15) is 11.1 Å². The van der Waals surface area contributed by atoms with Gasteiger partial charge in [0.1, 0.15) is 5.75 Å². The topological polar surface area (TPSA) is 72.5 Å². The Bertz CT molecular complexity index is 1170. The van der Waals surface area contributed by atoms with Crippen molar-refractivity contribution >= 4 is 28.0 Å². The first kappa shape index (κ1) is 17.0. The molecule has 0 radical (unpaired) electrons. The van der Waals surface area contributed by atoms with E-state index in [1.165, 1.54) is 0 Å². The second kappa shape index (κ2) is 6.06. The molecule has 2 heterocycles. The van der Waals surface area contributed by atoms with Crippen molar-refractivity contribution in [2.45, 2.75) is 6.92 Å². The van der Waals surface area contributed by atoms with Crippen LogP contribution in [-0.4, -0.2) is 29.8 Å². The van der Waals surface area contributed by atoms with Crippen LogP contribution >= 0.6 is 0 Å². The van der Waals surface area contributed by atoms with Crippen LogP contribution in [0.15, 0.2) is 41.2 Å². The SMILES string of the molecule is Cc1cc2c(N3CCN(C)c4ccc(C#N)cc43)cc(O)cc2n(C)c1=O. The van der Waals surface area contributed by atoms with E-state index in [1.54, 1.807) is 30.7 Å². The van der Waals surface area contributed by atoms with Crippen LogP contribution in [0.25, 0.3) is 10.9 Å². The third-order valence-electron chi connectivity index (χ3n) is 5.24. The van der Waals surface area contributed by atoms with Crippen LogP contribution in [0.2, 0.25) is 0 Å². The summed E-state index contributed by atoms with van der Waals surface area (Å²) in [4.78, 5) is 16.6. The van der Waals surface area contributed by atoms with Crippen molar-refractivity contribution in [3.05, 3.63) is 57.9 Å². The molecule has 27 heavy (non-hydrogen) atoms. The number of pyridine rings is 1. The molecule has 3 aromatic rings. The summed E-state index contributed by atoms with van der Waals surface area (Å²) in [5.74, 6) is 0.105. The first-order valence-electron chi connectivity index (χ1n) is 8.77. The maximum atomic E-state index is 12.3. The summed E-state index contributed by atoms with van der Waals surface area (Å²) in [5, 5.41) is 20.5. The summed E-state index contributed by atoms with van der Waals surface area (Å²) < 4.78 is 1.57. The highest BCUT2D eigenvalue weighted by molar-refractivity contribution is 5.97. The molecular weight excluding hydrogens is 340 g/mol. The van der Waals surface area contributed by atoms with Gasteiger partial charge in [-0.05, 0) is 31.2 Å². The maximum Gasteiger partial charge on any atom is 0.253 e. The highest BCUT2D eigenvalue weighted by Crippen LogP contribution is 2.41. The normalized spacial score (nSPS) is 13.6. The van der Waals surface area contributed by atoms with E-state index in [-0.39, 0.29) is 11.3 Å². The van der Waals surface area contributed by atoms with Crippen molar-refractivity contribution in [3.63, 3.8) is 0 Å². The zero-order chi connectivity index (χ0) is 19.3. The third kappa shape index (κ3) is 2.59. The Morgan fingerprint density at radius 1 is 1.04 bits per heavy atom. The van der Waals surface area contributed by atoms with Gasteiger partial charge >= 0.3 is 0 Å². The first-order chi connectivity index (χ1) is 12.9. The van der Waals surface area contributed by atoms with E-state index in [0.29, 0.717) is 23.2 Å². The van der Waals surface area contributed by atoms with Gasteiger partial charge in [-0.2, -0.15) is 5.26 Å². The predicted octanol–water partition coefficient (Wildman–Crippen LogP) is 3.01. The average Bonchev–Trinajstić information content (AvgIpc) is 2.66. The van der Waals surface area contributed by atoms with Gasteiger partial charge in [0.05, 0.1) is 34.2 Å². The fourth-order valence-corrected chi connectivity index (χ4v) is 3.78. The number of nitrogens with zero attached hydrogens (tertiary/aromatic N) is 4. The van der Waals surface area contributed by atoms with Crippen LogP contribution in [0.3, 0.4) is 0 Å². The Morgan fingerprint density at radius 2 is 1.81 bits per heavy atom. The summed E-state index contributed by atoms with van der Waals surface area (Å²) in [6.45, 7) is 3.31. The van der Waals surface area contributed by atoms with Gasteiger partial charge in [-0.25, -0.2) is 0 Å². The number of fused-ring (bicyclic) bond motifs is 2. The minimum absolute atomic E-state index is 0.0791. The number of phenols is 1. The van der Waals surface area contributed by atoms with Gasteiger partial charge in [0, 0.05) is 50.3 Å². The second-order valence-electron chi connectivity index (χ2n) is 6.98. The van der Waals surface area contributed by atoms with Crippen molar-refractivity contribution < 1.29 is 5.11 Å². The van der Waals surface area contributed by atoms with Crippen molar-refractivity contribution in [1.82, 2.24) is 4.57 Å². The molecule has 1 aliphatic rings. The molecule has 1 aromatic heterocycles. The van der Waals surface area contributed by atoms with Crippen molar-refractivity contribution in [2.75, 3.05) is 29.9 Å². The van der Waals surface area contributed by atoms with Crippen LogP contribution in [0.4, 0.5) is 17.1 Å². The van der Waals surface area contributed by atoms with E-state index in [9.17, 15) is 15.2 Å². The molecule has 0 atom stereocenters. The largest absolute Gasteiger partial charge is 0.508 e. The summed E-state index contributed by atoms with van der Waals surface area (Å²) in [6.07, 6.45) is 0. The lowest BCUT2D eigenvalue weighted by atomic mass is 10.0. The maximum absolute atomic E-state index is 12.3. The number of benzene rings is 2. The van der Waals surface area contributed by atoms with E-state index >= 15 is 0 Å². The van der Waals surface area contributed by atoms with Crippen LogP contribution in [0.5, 0.6) is 5.75 Å². The van der Waals surface area contributed by atoms with Gasteiger partial charge in [0.25, 0.3) is 5.56 Å². The first-order valence-corrected chi connectivity index (χ1v) is 8.77. The Labute approximate surface area is 157 Å². The van der Waals surface area contributed by atoms with Gasteiger partial charge in [-0.15, -0.1) is 0 Å². The highest BCUT2D eigenvalue weighted by Gasteiger charge is 2.24. The van der Waals surface area contributed by atoms with E-state index in [1.807, 2.05) is 31.3 Å². The van der Waals surface area contributed by atoms with E-state index in [2.05, 4.69) is 15.9 Å². The Hall–Kier alpha value is -3.46. The molecule has 0 bridgehead atoms. The molecule has 4 rings (SSSR count). The van der Waals surface area contributed by atoms with Crippen molar-refractivity contribution in [2.24, 2.45) is 7.05 Å². The molecule has 6 heteroatoms. The molecule has 0 unspecified atom stereocenters. The van der Waals surface area contributed by atoms with Gasteiger partial charge < -0.3 is 19.5 Å². The Balaban J connectivity index is 2.03. The zero-order valence-corrected chi connectivity index (χ0v) is 15.5. The number of anilines is 3. The molecule has 136 valence electrons. The number of aryl methyl sites for hydroxylation is 2. The smallest absolute Gasteiger partial charge is 0.253 e. The monoisotopic (exact) mass is 360 g/mol. The number of aromatic nitrogens is 1. The zero-order valence-electron chi connectivity index (χ0n) is 15.5. The second-order valence-corrected chi connectivity index (χ2v) is 6.98.